The Balaban J connectivity index is 2.55. The van der Waals surface area contributed by atoms with Crippen molar-refractivity contribution < 1.29 is 0 Å². The Morgan fingerprint density at radius 1 is 1.00 bits per heavy atom. The summed E-state index contributed by atoms with van der Waals surface area (Å²) in [6, 6.07) is 10.5. The van der Waals surface area contributed by atoms with Gasteiger partial charge < -0.3 is 4.57 Å². The van der Waals surface area contributed by atoms with E-state index in [1.54, 1.807) is 0 Å². The molecular weight excluding hydrogens is 196 g/mol. The molecule has 0 aliphatic heterocycles. The average molecular weight is 210 g/mol. The van der Waals surface area contributed by atoms with Crippen LogP contribution in [-0.4, -0.2) is 4.57 Å². The number of benzene rings is 1. The highest BCUT2D eigenvalue weighted by atomic mass is 14.9. The van der Waals surface area contributed by atoms with Crippen molar-refractivity contribution in [2.24, 2.45) is 7.05 Å². The number of hydrogen-bond donors (Lipinski definition) is 0. The molecule has 0 saturated carbocycles. The number of nitriles is 1. The van der Waals surface area contributed by atoms with E-state index in [9.17, 15) is 0 Å². The second-order valence-corrected chi connectivity index (χ2v) is 4.21. The molecule has 80 valence electrons. The number of aromatic nitrogens is 1. The molecule has 2 nitrogen and oxygen atoms in total. The maximum absolute atomic E-state index is 8.92. The Bertz CT molecular complexity index is 551. The zero-order valence-electron chi connectivity index (χ0n) is 9.78. The van der Waals surface area contributed by atoms with Gasteiger partial charge in [-0.25, -0.2) is 0 Å². The van der Waals surface area contributed by atoms with Gasteiger partial charge in [0.2, 0.25) is 0 Å². The molecule has 0 amide bonds. The molecule has 1 aromatic carbocycles. The fourth-order valence-electron chi connectivity index (χ4n) is 1.97. The van der Waals surface area contributed by atoms with Gasteiger partial charge in [-0.2, -0.15) is 5.26 Å². The standard InChI is InChI=1S/C14H14N2/c1-10-4-11(2)6-12(5-10)13-7-14(8-15)16(3)9-13/h4-7,9H,1-3H3. The topological polar surface area (TPSA) is 28.7 Å². The predicted octanol–water partition coefficient (Wildman–Crippen LogP) is 3.18. The van der Waals surface area contributed by atoms with E-state index in [4.69, 9.17) is 5.26 Å². The number of hydrogen-bond acceptors (Lipinski definition) is 1. The summed E-state index contributed by atoms with van der Waals surface area (Å²) in [5.74, 6) is 0. The smallest absolute Gasteiger partial charge is 0.120 e. The van der Waals surface area contributed by atoms with E-state index in [0.29, 0.717) is 5.69 Å². The first kappa shape index (κ1) is 10.5. The average Bonchev–Trinajstić information content (AvgIpc) is 2.58. The van der Waals surface area contributed by atoms with Crippen molar-refractivity contribution in [1.29, 1.82) is 5.26 Å². The Kier molecular flexibility index (Phi) is 2.54. The second-order valence-electron chi connectivity index (χ2n) is 4.21. The summed E-state index contributed by atoms with van der Waals surface area (Å²) in [5, 5.41) is 8.92. The Morgan fingerprint density at radius 3 is 2.12 bits per heavy atom. The summed E-state index contributed by atoms with van der Waals surface area (Å²) in [7, 11) is 1.89. The van der Waals surface area contributed by atoms with E-state index >= 15 is 0 Å². The van der Waals surface area contributed by atoms with Gasteiger partial charge in [0.1, 0.15) is 11.8 Å². The summed E-state index contributed by atoms with van der Waals surface area (Å²) in [4.78, 5) is 0. The first-order chi connectivity index (χ1) is 7.60. The number of aryl methyl sites for hydroxylation is 3. The van der Waals surface area contributed by atoms with E-state index in [1.165, 1.54) is 16.7 Å². The molecule has 0 N–H and O–H groups in total. The molecule has 0 aliphatic rings. The van der Waals surface area contributed by atoms with Crippen molar-refractivity contribution in [3.05, 3.63) is 47.3 Å². The number of rotatable bonds is 1. The molecule has 0 aliphatic carbocycles. The van der Waals surface area contributed by atoms with Crippen LogP contribution >= 0.6 is 0 Å². The van der Waals surface area contributed by atoms with E-state index in [0.717, 1.165) is 5.56 Å². The summed E-state index contributed by atoms with van der Waals surface area (Å²) in [6.45, 7) is 4.18. The zero-order valence-corrected chi connectivity index (χ0v) is 9.78. The monoisotopic (exact) mass is 210 g/mol. The van der Waals surface area contributed by atoms with Crippen molar-refractivity contribution in [1.82, 2.24) is 4.57 Å². The minimum atomic E-state index is 0.689. The maximum atomic E-state index is 8.92. The van der Waals surface area contributed by atoms with Gasteiger partial charge in [-0.1, -0.05) is 29.3 Å². The highest BCUT2D eigenvalue weighted by Gasteiger charge is 2.05. The van der Waals surface area contributed by atoms with Crippen LogP contribution in [0, 0.1) is 25.2 Å². The minimum absolute atomic E-state index is 0.689. The van der Waals surface area contributed by atoms with Crippen LogP contribution in [0.2, 0.25) is 0 Å². The van der Waals surface area contributed by atoms with Crippen LogP contribution < -0.4 is 0 Å². The lowest BCUT2D eigenvalue weighted by Crippen LogP contribution is -1.87. The lowest BCUT2D eigenvalue weighted by Gasteiger charge is -2.02. The largest absolute Gasteiger partial charge is 0.342 e. The molecule has 0 unspecified atom stereocenters. The van der Waals surface area contributed by atoms with Crippen LogP contribution in [0.5, 0.6) is 0 Å². The molecule has 1 aromatic heterocycles. The predicted molar refractivity (Wildman–Crippen MR) is 65.0 cm³/mol. The molecule has 1 heterocycles. The lowest BCUT2D eigenvalue weighted by molar-refractivity contribution is 0.909. The zero-order chi connectivity index (χ0) is 11.7. The Hall–Kier alpha value is -2.01. The third-order valence-corrected chi connectivity index (χ3v) is 2.67. The van der Waals surface area contributed by atoms with Gasteiger partial charge in [-0.05, 0) is 25.5 Å². The van der Waals surface area contributed by atoms with Gasteiger partial charge in [-0.15, -0.1) is 0 Å². The van der Waals surface area contributed by atoms with Crippen molar-refractivity contribution in [2.45, 2.75) is 13.8 Å². The van der Waals surface area contributed by atoms with E-state index in [2.05, 4.69) is 38.1 Å². The summed E-state index contributed by atoms with van der Waals surface area (Å²) >= 11 is 0. The molecule has 0 bridgehead atoms. The highest BCUT2D eigenvalue weighted by Crippen LogP contribution is 2.23. The van der Waals surface area contributed by atoms with Crippen LogP contribution in [0.4, 0.5) is 0 Å². The van der Waals surface area contributed by atoms with Crippen LogP contribution in [-0.2, 0) is 7.05 Å². The quantitative estimate of drug-likeness (QED) is 0.710. The second kappa shape index (κ2) is 3.86. The summed E-state index contributed by atoms with van der Waals surface area (Å²) < 4.78 is 1.85. The molecule has 2 rings (SSSR count). The third kappa shape index (κ3) is 1.85. The first-order valence-corrected chi connectivity index (χ1v) is 5.25. The fourth-order valence-corrected chi connectivity index (χ4v) is 1.97. The van der Waals surface area contributed by atoms with Crippen LogP contribution in [0.25, 0.3) is 11.1 Å². The minimum Gasteiger partial charge on any atom is -0.342 e. The van der Waals surface area contributed by atoms with Gasteiger partial charge in [0.05, 0.1) is 0 Å². The van der Waals surface area contributed by atoms with Gasteiger partial charge in [0, 0.05) is 18.8 Å². The maximum Gasteiger partial charge on any atom is 0.120 e. The molecular formula is C14H14N2. The SMILES string of the molecule is Cc1cc(C)cc(-c2cc(C#N)n(C)c2)c1. The van der Waals surface area contributed by atoms with Crippen molar-refractivity contribution in [3.8, 4) is 17.2 Å². The summed E-state index contributed by atoms with van der Waals surface area (Å²) in [6.07, 6.45) is 1.99. The number of nitrogens with zero attached hydrogens (tertiary/aromatic N) is 2. The summed E-state index contributed by atoms with van der Waals surface area (Å²) in [5.41, 5.74) is 5.46. The lowest BCUT2D eigenvalue weighted by atomic mass is 10.0. The van der Waals surface area contributed by atoms with Gasteiger partial charge >= 0.3 is 0 Å². The first-order valence-electron chi connectivity index (χ1n) is 5.25. The Labute approximate surface area is 95.8 Å². The highest BCUT2D eigenvalue weighted by molar-refractivity contribution is 5.66. The van der Waals surface area contributed by atoms with E-state index < -0.39 is 0 Å². The molecule has 0 saturated heterocycles. The van der Waals surface area contributed by atoms with Crippen LogP contribution in [0.3, 0.4) is 0 Å². The van der Waals surface area contributed by atoms with Gasteiger partial charge in [-0.3, -0.25) is 0 Å². The molecule has 0 radical (unpaired) electrons. The van der Waals surface area contributed by atoms with Crippen molar-refractivity contribution >= 4 is 0 Å². The Morgan fingerprint density at radius 2 is 1.62 bits per heavy atom. The van der Waals surface area contributed by atoms with Crippen molar-refractivity contribution in [2.75, 3.05) is 0 Å². The van der Waals surface area contributed by atoms with Crippen LogP contribution in [0.1, 0.15) is 16.8 Å². The molecule has 0 atom stereocenters. The molecule has 2 heteroatoms. The van der Waals surface area contributed by atoms with Crippen molar-refractivity contribution in [3.63, 3.8) is 0 Å². The normalized spacial score (nSPS) is 10.1. The molecule has 0 spiro atoms. The fraction of sp³-hybridized carbons (Fsp3) is 0.214. The van der Waals surface area contributed by atoms with Gasteiger partial charge in [0.15, 0.2) is 0 Å². The van der Waals surface area contributed by atoms with Gasteiger partial charge in [0.25, 0.3) is 0 Å². The van der Waals surface area contributed by atoms with E-state index in [1.807, 2.05) is 23.9 Å². The van der Waals surface area contributed by atoms with Crippen LogP contribution in [0.15, 0.2) is 30.5 Å². The molecule has 16 heavy (non-hydrogen) atoms. The third-order valence-electron chi connectivity index (χ3n) is 2.67. The molecule has 2 aromatic rings. The van der Waals surface area contributed by atoms with E-state index in [-0.39, 0.29) is 0 Å². The molecule has 0 fully saturated rings.